The monoisotopic (exact) mass is 276 g/mol. The second-order valence-electron chi connectivity index (χ2n) is 4.48. The SMILES string of the molecule is COC(=O)C1N2C(=O)C(Cl)=C(N)C2SC1(C)C. The third kappa shape index (κ3) is 1.62. The molecular weight excluding hydrogens is 264 g/mol. The number of halogens is 1. The van der Waals surface area contributed by atoms with Gasteiger partial charge < -0.3 is 15.4 Å². The summed E-state index contributed by atoms with van der Waals surface area (Å²) in [6.07, 6.45) is 0. The lowest BCUT2D eigenvalue weighted by molar-refractivity contribution is -0.151. The van der Waals surface area contributed by atoms with Crippen molar-refractivity contribution < 1.29 is 14.3 Å². The fourth-order valence-electron chi connectivity index (χ4n) is 2.17. The molecule has 2 aliphatic heterocycles. The summed E-state index contributed by atoms with van der Waals surface area (Å²) >= 11 is 7.26. The Bertz CT molecular complexity index is 435. The average Bonchev–Trinajstić information content (AvgIpc) is 2.65. The van der Waals surface area contributed by atoms with Gasteiger partial charge in [0.2, 0.25) is 0 Å². The molecule has 2 unspecified atom stereocenters. The van der Waals surface area contributed by atoms with Crippen LogP contribution in [-0.4, -0.2) is 40.0 Å². The number of rotatable bonds is 1. The highest BCUT2D eigenvalue weighted by atomic mass is 35.5. The van der Waals surface area contributed by atoms with Crippen molar-refractivity contribution >= 4 is 35.2 Å². The van der Waals surface area contributed by atoms with E-state index in [-0.39, 0.29) is 10.4 Å². The molecule has 94 valence electrons. The molecule has 0 bridgehead atoms. The summed E-state index contributed by atoms with van der Waals surface area (Å²) in [6, 6.07) is -0.662. The third-order valence-corrected chi connectivity index (χ3v) is 4.89. The highest BCUT2D eigenvalue weighted by Crippen LogP contribution is 2.50. The van der Waals surface area contributed by atoms with Gasteiger partial charge in [0, 0.05) is 4.75 Å². The number of hydrogen-bond acceptors (Lipinski definition) is 5. The van der Waals surface area contributed by atoms with E-state index in [2.05, 4.69) is 0 Å². The predicted molar refractivity (Wildman–Crippen MR) is 65.2 cm³/mol. The van der Waals surface area contributed by atoms with Crippen LogP contribution < -0.4 is 5.73 Å². The molecule has 0 aromatic heterocycles. The number of carbonyl (C=O) groups excluding carboxylic acids is 2. The summed E-state index contributed by atoms with van der Waals surface area (Å²) in [5.74, 6) is -0.847. The minimum atomic E-state index is -0.662. The summed E-state index contributed by atoms with van der Waals surface area (Å²) in [5, 5.41) is -0.360. The topological polar surface area (TPSA) is 72.6 Å². The quantitative estimate of drug-likeness (QED) is 0.711. The normalized spacial score (nSPS) is 30.8. The van der Waals surface area contributed by atoms with Crippen molar-refractivity contribution in [3.63, 3.8) is 0 Å². The van der Waals surface area contributed by atoms with Gasteiger partial charge >= 0.3 is 5.97 Å². The van der Waals surface area contributed by atoms with E-state index in [0.29, 0.717) is 5.70 Å². The van der Waals surface area contributed by atoms with Gasteiger partial charge in [0.25, 0.3) is 5.91 Å². The first kappa shape index (κ1) is 12.6. The number of amides is 1. The maximum absolute atomic E-state index is 12.0. The molecule has 2 heterocycles. The molecule has 0 spiro atoms. The molecule has 17 heavy (non-hydrogen) atoms. The van der Waals surface area contributed by atoms with Crippen LogP contribution in [0.2, 0.25) is 0 Å². The Hall–Kier alpha value is -0.880. The van der Waals surface area contributed by atoms with Crippen LogP contribution in [0.3, 0.4) is 0 Å². The number of methoxy groups -OCH3 is 1. The summed E-state index contributed by atoms with van der Waals surface area (Å²) in [5.41, 5.74) is 6.11. The van der Waals surface area contributed by atoms with Crippen LogP contribution in [0.25, 0.3) is 0 Å². The number of carbonyl (C=O) groups is 2. The molecule has 5 nitrogen and oxygen atoms in total. The van der Waals surface area contributed by atoms with Crippen molar-refractivity contribution in [2.75, 3.05) is 7.11 Å². The molecule has 0 aromatic rings. The van der Waals surface area contributed by atoms with Gasteiger partial charge in [0.05, 0.1) is 12.8 Å². The van der Waals surface area contributed by atoms with E-state index >= 15 is 0 Å². The molecule has 2 N–H and O–H groups in total. The Morgan fingerprint density at radius 1 is 1.59 bits per heavy atom. The fraction of sp³-hybridized carbons (Fsp3) is 0.600. The highest BCUT2D eigenvalue weighted by molar-refractivity contribution is 8.01. The van der Waals surface area contributed by atoms with Gasteiger partial charge in [-0.2, -0.15) is 0 Å². The predicted octanol–water partition coefficient (Wildman–Crippen LogP) is 0.631. The maximum Gasteiger partial charge on any atom is 0.330 e. The first-order valence-electron chi connectivity index (χ1n) is 5.04. The second kappa shape index (κ2) is 3.81. The van der Waals surface area contributed by atoms with Gasteiger partial charge in [0.15, 0.2) is 0 Å². The Morgan fingerprint density at radius 2 is 2.18 bits per heavy atom. The van der Waals surface area contributed by atoms with Crippen molar-refractivity contribution in [1.29, 1.82) is 0 Å². The van der Waals surface area contributed by atoms with Crippen LogP contribution in [0.15, 0.2) is 10.7 Å². The van der Waals surface area contributed by atoms with Crippen LogP contribution in [0.1, 0.15) is 13.8 Å². The molecule has 2 rings (SSSR count). The van der Waals surface area contributed by atoms with Gasteiger partial charge in [-0.3, -0.25) is 4.79 Å². The van der Waals surface area contributed by atoms with E-state index in [1.54, 1.807) is 0 Å². The second-order valence-corrected chi connectivity index (χ2v) is 6.59. The van der Waals surface area contributed by atoms with Crippen molar-refractivity contribution in [2.45, 2.75) is 30.0 Å². The lowest BCUT2D eigenvalue weighted by Gasteiger charge is -2.27. The Kier molecular flexibility index (Phi) is 2.82. The lowest BCUT2D eigenvalue weighted by Crippen LogP contribution is -2.49. The minimum Gasteiger partial charge on any atom is -0.467 e. The lowest BCUT2D eigenvalue weighted by atomic mass is 10.0. The minimum absolute atomic E-state index is 0.00639. The van der Waals surface area contributed by atoms with Crippen LogP contribution in [-0.2, 0) is 14.3 Å². The first-order chi connectivity index (χ1) is 7.81. The number of thioether (sulfide) groups is 1. The first-order valence-corrected chi connectivity index (χ1v) is 6.30. The number of nitrogens with zero attached hydrogens (tertiary/aromatic N) is 1. The Morgan fingerprint density at radius 3 is 2.71 bits per heavy atom. The summed E-state index contributed by atoms with van der Waals surface area (Å²) in [4.78, 5) is 25.2. The molecule has 0 radical (unpaired) electrons. The maximum atomic E-state index is 12.0. The number of nitrogens with two attached hydrogens (primary N) is 1. The van der Waals surface area contributed by atoms with Crippen molar-refractivity contribution in [2.24, 2.45) is 5.73 Å². The molecular formula is C10H13ClN2O3S. The van der Waals surface area contributed by atoms with E-state index in [1.807, 2.05) is 13.8 Å². The molecule has 2 atom stereocenters. The molecule has 1 fully saturated rings. The van der Waals surface area contributed by atoms with E-state index in [0.717, 1.165) is 0 Å². The summed E-state index contributed by atoms with van der Waals surface area (Å²) < 4.78 is 4.30. The molecule has 2 aliphatic rings. The van der Waals surface area contributed by atoms with Gasteiger partial charge in [0.1, 0.15) is 16.4 Å². The zero-order chi connectivity index (χ0) is 13.0. The zero-order valence-corrected chi connectivity index (χ0v) is 11.3. The van der Waals surface area contributed by atoms with Crippen molar-refractivity contribution in [1.82, 2.24) is 4.90 Å². The van der Waals surface area contributed by atoms with E-state index < -0.39 is 22.7 Å². The highest BCUT2D eigenvalue weighted by Gasteiger charge is 2.58. The van der Waals surface area contributed by atoms with Crippen molar-refractivity contribution in [3.05, 3.63) is 10.7 Å². The van der Waals surface area contributed by atoms with Crippen LogP contribution in [0.5, 0.6) is 0 Å². The third-order valence-electron chi connectivity index (χ3n) is 2.97. The molecule has 1 saturated heterocycles. The zero-order valence-electron chi connectivity index (χ0n) is 9.69. The van der Waals surface area contributed by atoms with Gasteiger partial charge in [-0.05, 0) is 13.8 Å². The molecule has 0 aliphatic carbocycles. The van der Waals surface area contributed by atoms with Gasteiger partial charge in [-0.25, -0.2) is 4.79 Å². The van der Waals surface area contributed by atoms with Gasteiger partial charge in [-0.15, -0.1) is 11.8 Å². The fourth-order valence-corrected chi connectivity index (χ4v) is 3.93. The number of esters is 1. The Balaban J connectivity index is 2.43. The average molecular weight is 277 g/mol. The van der Waals surface area contributed by atoms with Crippen molar-refractivity contribution in [3.8, 4) is 0 Å². The Labute approximate surface area is 108 Å². The standard InChI is InChI=1S/C10H13ClN2O3S/c1-10(2)6(9(15)16-3)13-7(14)4(11)5(12)8(13)17-10/h6,8H,12H2,1-3H3. The summed E-state index contributed by atoms with van der Waals surface area (Å²) in [6.45, 7) is 3.76. The smallest absolute Gasteiger partial charge is 0.330 e. The molecule has 0 aromatic carbocycles. The van der Waals surface area contributed by atoms with Crippen LogP contribution in [0, 0.1) is 0 Å². The van der Waals surface area contributed by atoms with E-state index in [9.17, 15) is 9.59 Å². The number of ether oxygens (including phenoxy) is 1. The van der Waals surface area contributed by atoms with Crippen LogP contribution >= 0.6 is 23.4 Å². The number of fused-ring (bicyclic) bond motifs is 1. The van der Waals surface area contributed by atoms with E-state index in [1.165, 1.54) is 23.8 Å². The van der Waals surface area contributed by atoms with Crippen LogP contribution in [0.4, 0.5) is 0 Å². The van der Waals surface area contributed by atoms with Gasteiger partial charge in [-0.1, -0.05) is 11.6 Å². The summed E-state index contributed by atoms with van der Waals surface area (Å²) in [7, 11) is 1.30. The molecule has 7 heteroatoms. The molecule has 0 saturated carbocycles. The molecule has 1 amide bonds. The largest absolute Gasteiger partial charge is 0.467 e. The van der Waals surface area contributed by atoms with E-state index in [4.69, 9.17) is 22.1 Å². The number of hydrogen-bond donors (Lipinski definition) is 1.